The largest absolute Gasteiger partial charge is 0.352 e. The van der Waals surface area contributed by atoms with Crippen LogP contribution >= 0.6 is 0 Å². The molecular weight excluding hydrogens is 295 g/mol. The lowest BCUT2D eigenvalue weighted by Crippen LogP contribution is -2.47. The third kappa shape index (κ3) is 4.78. The van der Waals surface area contributed by atoms with Gasteiger partial charge in [-0.1, -0.05) is 31.4 Å². The second-order valence-electron chi connectivity index (χ2n) is 6.72. The summed E-state index contributed by atoms with van der Waals surface area (Å²) in [6.45, 7) is 3.49. The van der Waals surface area contributed by atoms with Crippen LogP contribution in [0.15, 0.2) is 24.3 Å². The number of halogens is 1. The van der Waals surface area contributed by atoms with Crippen LogP contribution in [0.1, 0.15) is 51.5 Å². The fraction of sp³-hybridized carbons (Fsp3) is 0.556. The van der Waals surface area contributed by atoms with Crippen molar-refractivity contribution in [3.05, 3.63) is 35.6 Å². The Morgan fingerprint density at radius 1 is 1.13 bits per heavy atom. The summed E-state index contributed by atoms with van der Waals surface area (Å²) in [5.41, 5.74) is -0.108. The highest BCUT2D eigenvalue weighted by atomic mass is 19.1. The van der Waals surface area contributed by atoms with E-state index in [1.807, 2.05) is 0 Å². The smallest absolute Gasteiger partial charge is 0.239 e. The van der Waals surface area contributed by atoms with Crippen molar-refractivity contribution in [1.82, 2.24) is 10.6 Å². The topological polar surface area (TPSA) is 58.2 Å². The number of hydrogen-bond acceptors (Lipinski definition) is 2. The van der Waals surface area contributed by atoms with E-state index in [9.17, 15) is 14.0 Å². The van der Waals surface area contributed by atoms with Gasteiger partial charge in [0.05, 0.1) is 12.0 Å². The van der Waals surface area contributed by atoms with Gasteiger partial charge in [0.2, 0.25) is 11.8 Å². The fourth-order valence-corrected chi connectivity index (χ4v) is 2.90. The summed E-state index contributed by atoms with van der Waals surface area (Å²) >= 11 is 0. The first-order valence-corrected chi connectivity index (χ1v) is 8.23. The predicted molar refractivity (Wildman–Crippen MR) is 87.5 cm³/mol. The number of hydrogen-bond donors (Lipinski definition) is 2. The van der Waals surface area contributed by atoms with Crippen LogP contribution in [0.4, 0.5) is 4.39 Å². The Hall–Kier alpha value is -1.91. The fourth-order valence-electron chi connectivity index (χ4n) is 2.90. The number of rotatable bonds is 5. The van der Waals surface area contributed by atoms with Crippen LogP contribution in [0.25, 0.3) is 0 Å². The molecule has 1 aliphatic rings. The molecule has 1 saturated carbocycles. The Morgan fingerprint density at radius 3 is 2.35 bits per heavy atom. The zero-order valence-electron chi connectivity index (χ0n) is 13.8. The quantitative estimate of drug-likeness (QED) is 0.876. The van der Waals surface area contributed by atoms with Crippen molar-refractivity contribution >= 4 is 11.8 Å². The second kappa shape index (κ2) is 7.57. The van der Waals surface area contributed by atoms with Crippen molar-refractivity contribution in [1.29, 1.82) is 0 Å². The third-order valence-electron chi connectivity index (χ3n) is 4.51. The molecule has 1 aliphatic carbocycles. The molecule has 0 heterocycles. The Morgan fingerprint density at radius 2 is 1.74 bits per heavy atom. The van der Waals surface area contributed by atoms with Crippen molar-refractivity contribution in [2.24, 2.45) is 0 Å². The summed E-state index contributed by atoms with van der Waals surface area (Å²) in [5.74, 6) is -0.736. The zero-order chi connectivity index (χ0) is 16.9. The van der Waals surface area contributed by atoms with E-state index in [1.165, 1.54) is 18.6 Å². The van der Waals surface area contributed by atoms with E-state index in [2.05, 4.69) is 10.6 Å². The summed E-state index contributed by atoms with van der Waals surface area (Å²) in [5, 5.41) is 5.65. The lowest BCUT2D eigenvalue weighted by atomic mass is 9.83. The third-order valence-corrected chi connectivity index (χ3v) is 4.51. The van der Waals surface area contributed by atoms with Crippen molar-refractivity contribution in [2.75, 3.05) is 6.54 Å². The number of nitrogens with one attached hydrogen (secondary N) is 2. The van der Waals surface area contributed by atoms with Crippen molar-refractivity contribution in [3.8, 4) is 0 Å². The molecule has 1 aromatic rings. The minimum absolute atomic E-state index is 0.0278. The molecular formula is C18H25FN2O2. The van der Waals surface area contributed by atoms with Crippen LogP contribution in [0, 0.1) is 5.82 Å². The van der Waals surface area contributed by atoms with Gasteiger partial charge in [-0.25, -0.2) is 4.39 Å². The van der Waals surface area contributed by atoms with Gasteiger partial charge in [-0.2, -0.15) is 0 Å². The standard InChI is InChI=1S/C18H25FN2O2/c1-18(2,13-8-10-14(19)11-9-13)17(23)20-12-16(22)21-15-6-4-3-5-7-15/h8-11,15H,3-7,12H2,1-2H3,(H,20,23)(H,21,22). The van der Waals surface area contributed by atoms with Crippen LogP contribution in [-0.2, 0) is 15.0 Å². The summed E-state index contributed by atoms with van der Waals surface area (Å²) in [6.07, 6.45) is 5.56. The predicted octanol–water partition coefficient (Wildman–Crippen LogP) is 2.67. The molecule has 0 spiro atoms. The molecule has 1 aromatic carbocycles. The van der Waals surface area contributed by atoms with Crippen molar-refractivity contribution in [3.63, 3.8) is 0 Å². The molecule has 5 heteroatoms. The van der Waals surface area contributed by atoms with Crippen LogP contribution in [0.2, 0.25) is 0 Å². The maximum absolute atomic E-state index is 13.0. The lowest BCUT2D eigenvalue weighted by molar-refractivity contribution is -0.129. The number of benzene rings is 1. The highest BCUT2D eigenvalue weighted by Crippen LogP contribution is 2.23. The van der Waals surface area contributed by atoms with E-state index < -0.39 is 5.41 Å². The Kier molecular flexibility index (Phi) is 5.74. The zero-order valence-corrected chi connectivity index (χ0v) is 13.8. The molecule has 1 fully saturated rings. The highest BCUT2D eigenvalue weighted by molar-refractivity contribution is 5.91. The van der Waals surface area contributed by atoms with E-state index in [0.29, 0.717) is 5.56 Å². The Labute approximate surface area is 136 Å². The minimum Gasteiger partial charge on any atom is -0.352 e. The molecule has 0 radical (unpaired) electrons. The van der Waals surface area contributed by atoms with Gasteiger partial charge < -0.3 is 10.6 Å². The minimum atomic E-state index is -0.821. The van der Waals surface area contributed by atoms with E-state index in [4.69, 9.17) is 0 Å². The first-order chi connectivity index (χ1) is 10.9. The normalized spacial score (nSPS) is 16.0. The van der Waals surface area contributed by atoms with Gasteiger partial charge in [-0.15, -0.1) is 0 Å². The summed E-state index contributed by atoms with van der Waals surface area (Å²) < 4.78 is 13.0. The summed E-state index contributed by atoms with van der Waals surface area (Å²) in [7, 11) is 0. The maximum Gasteiger partial charge on any atom is 0.239 e. The molecule has 2 N–H and O–H groups in total. The SMILES string of the molecule is CC(C)(C(=O)NCC(=O)NC1CCCCC1)c1ccc(F)cc1. The van der Waals surface area contributed by atoms with E-state index in [0.717, 1.165) is 25.7 Å². The van der Waals surface area contributed by atoms with Gasteiger partial charge in [0.1, 0.15) is 5.82 Å². The van der Waals surface area contributed by atoms with Crippen molar-refractivity contribution in [2.45, 2.75) is 57.4 Å². The lowest BCUT2D eigenvalue weighted by Gasteiger charge is -2.25. The molecule has 0 atom stereocenters. The molecule has 0 bridgehead atoms. The van der Waals surface area contributed by atoms with Crippen LogP contribution in [0.3, 0.4) is 0 Å². The monoisotopic (exact) mass is 320 g/mol. The molecule has 0 aliphatic heterocycles. The molecule has 126 valence electrons. The first-order valence-electron chi connectivity index (χ1n) is 8.23. The van der Waals surface area contributed by atoms with Gasteiger partial charge in [0, 0.05) is 6.04 Å². The second-order valence-corrected chi connectivity index (χ2v) is 6.72. The molecule has 0 unspecified atom stereocenters. The molecule has 2 amide bonds. The van der Waals surface area contributed by atoms with Crippen LogP contribution in [0.5, 0.6) is 0 Å². The van der Waals surface area contributed by atoms with Crippen LogP contribution in [-0.4, -0.2) is 24.4 Å². The van der Waals surface area contributed by atoms with E-state index in [1.54, 1.807) is 26.0 Å². The molecule has 2 rings (SSSR count). The van der Waals surface area contributed by atoms with Crippen LogP contribution < -0.4 is 10.6 Å². The maximum atomic E-state index is 13.0. The molecule has 4 nitrogen and oxygen atoms in total. The first kappa shape index (κ1) is 17.4. The van der Waals surface area contributed by atoms with E-state index >= 15 is 0 Å². The number of carbonyl (C=O) groups excluding carboxylic acids is 2. The highest BCUT2D eigenvalue weighted by Gasteiger charge is 2.30. The van der Waals surface area contributed by atoms with Crippen molar-refractivity contribution < 1.29 is 14.0 Å². The molecule has 0 aromatic heterocycles. The average molecular weight is 320 g/mol. The van der Waals surface area contributed by atoms with Gasteiger partial charge >= 0.3 is 0 Å². The summed E-state index contributed by atoms with van der Waals surface area (Å²) in [4.78, 5) is 24.3. The number of carbonyl (C=O) groups is 2. The molecule has 0 saturated heterocycles. The van der Waals surface area contributed by atoms with E-state index in [-0.39, 0.29) is 30.2 Å². The van der Waals surface area contributed by atoms with Gasteiger partial charge in [-0.05, 0) is 44.4 Å². The Balaban J connectivity index is 1.85. The van der Waals surface area contributed by atoms with Gasteiger partial charge in [-0.3, -0.25) is 9.59 Å². The molecule has 23 heavy (non-hydrogen) atoms. The Bertz CT molecular complexity index is 549. The van der Waals surface area contributed by atoms with Gasteiger partial charge in [0.25, 0.3) is 0 Å². The van der Waals surface area contributed by atoms with Gasteiger partial charge in [0.15, 0.2) is 0 Å². The summed E-state index contributed by atoms with van der Waals surface area (Å²) in [6, 6.07) is 6.09. The number of amides is 2. The average Bonchev–Trinajstić information content (AvgIpc) is 2.54.